The monoisotopic (exact) mass is 426 g/mol. The maximum atomic E-state index is 12.6. The van der Waals surface area contributed by atoms with Crippen LogP contribution in [0.5, 0.6) is 0 Å². The van der Waals surface area contributed by atoms with Crippen molar-refractivity contribution in [2.45, 2.75) is 43.5 Å². The average molecular weight is 427 g/mol. The zero-order valence-electron chi connectivity index (χ0n) is 16.9. The summed E-state index contributed by atoms with van der Waals surface area (Å²) < 4.78 is 25.2. The Hall–Kier alpha value is -2.67. The molecule has 0 saturated carbocycles. The number of carbonyl (C=O) groups is 2. The molecule has 0 atom stereocenters. The van der Waals surface area contributed by atoms with Crippen molar-refractivity contribution in [2.75, 3.05) is 18.8 Å². The molecule has 7 heteroatoms. The van der Waals surface area contributed by atoms with Crippen molar-refractivity contribution in [3.8, 4) is 0 Å². The van der Waals surface area contributed by atoms with Gasteiger partial charge in [-0.1, -0.05) is 30.3 Å². The molecule has 1 heterocycles. The van der Waals surface area contributed by atoms with E-state index in [1.807, 2.05) is 24.3 Å². The summed E-state index contributed by atoms with van der Waals surface area (Å²) in [6.45, 7) is 1.05. The Morgan fingerprint density at radius 3 is 2.50 bits per heavy atom. The molecule has 2 amide bonds. The summed E-state index contributed by atoms with van der Waals surface area (Å²) in [5.74, 6) is -0.840. The van der Waals surface area contributed by atoms with Crippen molar-refractivity contribution in [1.29, 1.82) is 0 Å². The Morgan fingerprint density at radius 1 is 0.933 bits per heavy atom. The van der Waals surface area contributed by atoms with Crippen LogP contribution >= 0.6 is 0 Å². The molecule has 4 rings (SSSR count). The van der Waals surface area contributed by atoms with Crippen LogP contribution in [0, 0.1) is 0 Å². The number of hydrogen-bond donors (Lipinski definition) is 1. The quantitative estimate of drug-likeness (QED) is 0.766. The van der Waals surface area contributed by atoms with E-state index in [9.17, 15) is 18.0 Å². The molecule has 0 unspecified atom stereocenters. The topological polar surface area (TPSA) is 83.5 Å². The maximum Gasteiger partial charge on any atom is 0.242 e. The molecule has 2 aliphatic rings. The van der Waals surface area contributed by atoms with E-state index >= 15 is 0 Å². The summed E-state index contributed by atoms with van der Waals surface area (Å²) in [5.41, 5.74) is 4.69. The minimum atomic E-state index is -3.53. The number of nitrogens with zero attached hydrogens (tertiary/aromatic N) is 1. The van der Waals surface area contributed by atoms with Crippen LogP contribution in [0.25, 0.3) is 0 Å². The molecule has 6 nitrogen and oxygen atoms in total. The SMILES string of the molecule is O=C(CCS(=O)(=O)c1ccc2c(c1)CCC2)NCC(=O)N1CCc2ccccc2C1. The van der Waals surface area contributed by atoms with E-state index in [2.05, 4.69) is 11.4 Å². The molecule has 2 aromatic carbocycles. The standard InChI is InChI=1S/C23H26N2O4S/c26-22(11-13-30(28,29)21-9-8-17-6-3-7-19(17)14-21)24-15-23(27)25-12-10-18-4-1-2-5-20(18)16-25/h1-2,4-5,8-9,14H,3,6-7,10-13,15-16H2,(H,24,26). The van der Waals surface area contributed by atoms with E-state index in [0.29, 0.717) is 13.1 Å². The second-order valence-corrected chi connectivity index (χ2v) is 10.1. The van der Waals surface area contributed by atoms with Crippen molar-refractivity contribution in [1.82, 2.24) is 10.2 Å². The molecule has 1 aliphatic carbocycles. The predicted molar refractivity (Wildman–Crippen MR) is 114 cm³/mol. The second-order valence-electron chi connectivity index (χ2n) is 7.96. The highest BCUT2D eigenvalue weighted by molar-refractivity contribution is 7.91. The summed E-state index contributed by atoms with van der Waals surface area (Å²) in [7, 11) is -3.53. The third kappa shape index (κ3) is 4.56. The van der Waals surface area contributed by atoms with Gasteiger partial charge in [-0.3, -0.25) is 9.59 Å². The Bertz CT molecular complexity index is 1080. The first-order valence-electron chi connectivity index (χ1n) is 10.4. The molecule has 1 N–H and O–H groups in total. The molecule has 30 heavy (non-hydrogen) atoms. The second kappa shape index (κ2) is 8.60. The largest absolute Gasteiger partial charge is 0.347 e. The van der Waals surface area contributed by atoms with Gasteiger partial charge >= 0.3 is 0 Å². The number of aryl methyl sites for hydroxylation is 2. The predicted octanol–water partition coefficient (Wildman–Crippen LogP) is 2.04. The number of fused-ring (bicyclic) bond motifs is 2. The molecule has 158 valence electrons. The van der Waals surface area contributed by atoms with Gasteiger partial charge in [0.1, 0.15) is 0 Å². The number of sulfone groups is 1. The summed E-state index contributed by atoms with van der Waals surface area (Å²) >= 11 is 0. The fourth-order valence-corrected chi connectivity index (χ4v) is 5.46. The normalized spacial score (nSPS) is 15.4. The number of benzene rings is 2. The summed E-state index contributed by atoms with van der Waals surface area (Å²) in [6, 6.07) is 13.3. The van der Waals surface area contributed by atoms with Crippen LogP contribution in [0.15, 0.2) is 47.4 Å². The molecule has 0 aromatic heterocycles. The molecule has 0 bridgehead atoms. The number of rotatable bonds is 6. The molecular weight excluding hydrogens is 400 g/mol. The van der Waals surface area contributed by atoms with Gasteiger partial charge in [0.2, 0.25) is 11.8 Å². The van der Waals surface area contributed by atoms with Gasteiger partial charge in [0.05, 0.1) is 17.2 Å². The van der Waals surface area contributed by atoms with E-state index in [0.717, 1.165) is 36.8 Å². The lowest BCUT2D eigenvalue weighted by molar-refractivity contribution is -0.133. The zero-order valence-corrected chi connectivity index (χ0v) is 17.7. The fourth-order valence-electron chi connectivity index (χ4n) is 4.17. The van der Waals surface area contributed by atoms with Gasteiger partial charge in [-0.15, -0.1) is 0 Å². The minimum absolute atomic E-state index is 0.111. The van der Waals surface area contributed by atoms with E-state index < -0.39 is 15.7 Å². The van der Waals surface area contributed by atoms with Gasteiger partial charge in [-0.05, 0) is 60.1 Å². The lowest BCUT2D eigenvalue weighted by atomic mass is 10.00. The number of hydrogen-bond acceptors (Lipinski definition) is 4. The van der Waals surface area contributed by atoms with Crippen molar-refractivity contribution in [3.05, 3.63) is 64.7 Å². The van der Waals surface area contributed by atoms with Crippen LogP contribution in [0.1, 0.15) is 35.1 Å². The van der Waals surface area contributed by atoms with Gasteiger partial charge in [0, 0.05) is 19.5 Å². The van der Waals surface area contributed by atoms with Gasteiger partial charge in [0.25, 0.3) is 0 Å². The third-order valence-corrected chi connectivity index (χ3v) is 7.66. The van der Waals surface area contributed by atoms with E-state index in [4.69, 9.17) is 0 Å². The van der Waals surface area contributed by atoms with Crippen LogP contribution in [-0.2, 0) is 45.2 Å². The van der Waals surface area contributed by atoms with Crippen LogP contribution in [-0.4, -0.2) is 44.0 Å². The number of amides is 2. The van der Waals surface area contributed by atoms with E-state index in [-0.39, 0.29) is 29.5 Å². The van der Waals surface area contributed by atoms with E-state index in [1.54, 1.807) is 17.0 Å². The van der Waals surface area contributed by atoms with Crippen molar-refractivity contribution >= 4 is 21.7 Å². The van der Waals surface area contributed by atoms with Gasteiger partial charge < -0.3 is 10.2 Å². The molecule has 0 saturated heterocycles. The first-order valence-corrected chi connectivity index (χ1v) is 12.0. The summed E-state index contributed by atoms with van der Waals surface area (Å²) in [4.78, 5) is 26.6. The van der Waals surface area contributed by atoms with Crippen LogP contribution < -0.4 is 5.32 Å². The minimum Gasteiger partial charge on any atom is -0.347 e. The maximum absolute atomic E-state index is 12.6. The molecule has 1 aliphatic heterocycles. The van der Waals surface area contributed by atoms with E-state index in [1.165, 1.54) is 11.1 Å². The van der Waals surface area contributed by atoms with Gasteiger partial charge in [0.15, 0.2) is 9.84 Å². The molecule has 0 fully saturated rings. The first-order chi connectivity index (χ1) is 14.4. The third-order valence-electron chi connectivity index (χ3n) is 5.95. The Kier molecular flexibility index (Phi) is 5.90. The highest BCUT2D eigenvalue weighted by atomic mass is 32.2. The van der Waals surface area contributed by atoms with Crippen molar-refractivity contribution < 1.29 is 18.0 Å². The van der Waals surface area contributed by atoms with Crippen LogP contribution in [0.3, 0.4) is 0 Å². The first kappa shape index (κ1) is 20.6. The Labute approximate surface area is 177 Å². The lowest BCUT2D eigenvalue weighted by Crippen LogP contribution is -2.42. The fraction of sp³-hybridized carbons (Fsp3) is 0.391. The number of carbonyl (C=O) groups excluding carboxylic acids is 2. The molecular formula is C23H26N2O4S. The highest BCUT2D eigenvalue weighted by Crippen LogP contribution is 2.25. The summed E-state index contributed by atoms with van der Waals surface area (Å²) in [6.07, 6.45) is 3.60. The molecule has 0 spiro atoms. The lowest BCUT2D eigenvalue weighted by Gasteiger charge is -2.29. The average Bonchev–Trinajstić information content (AvgIpc) is 3.23. The zero-order chi connectivity index (χ0) is 21.1. The Balaban J connectivity index is 1.26. The van der Waals surface area contributed by atoms with Crippen LogP contribution in [0.2, 0.25) is 0 Å². The van der Waals surface area contributed by atoms with Crippen molar-refractivity contribution in [3.63, 3.8) is 0 Å². The Morgan fingerprint density at radius 2 is 1.67 bits per heavy atom. The molecule has 2 aromatic rings. The van der Waals surface area contributed by atoms with Crippen LogP contribution in [0.4, 0.5) is 0 Å². The smallest absolute Gasteiger partial charge is 0.242 e. The highest BCUT2D eigenvalue weighted by Gasteiger charge is 2.22. The summed E-state index contributed by atoms with van der Waals surface area (Å²) in [5, 5.41) is 2.57. The van der Waals surface area contributed by atoms with Crippen molar-refractivity contribution in [2.24, 2.45) is 0 Å². The number of nitrogens with one attached hydrogen (secondary N) is 1. The van der Waals surface area contributed by atoms with Gasteiger partial charge in [-0.2, -0.15) is 0 Å². The van der Waals surface area contributed by atoms with Gasteiger partial charge in [-0.25, -0.2) is 8.42 Å². The molecule has 0 radical (unpaired) electrons.